The van der Waals surface area contributed by atoms with Crippen molar-refractivity contribution in [2.24, 2.45) is 11.8 Å². The maximum atomic E-state index is 15.0. The molecule has 206 valence electrons. The first kappa shape index (κ1) is 27.9. The molecule has 0 aromatic heterocycles. The Morgan fingerprint density at radius 3 is 1.97 bits per heavy atom. The number of benzene rings is 3. The molecule has 1 heteroatoms. The molecule has 2 fully saturated rings. The summed E-state index contributed by atoms with van der Waals surface area (Å²) in [5.41, 5.74) is 5.95. The lowest BCUT2D eigenvalue weighted by molar-refractivity contribution is 0.297. The maximum absolute atomic E-state index is 15.0. The van der Waals surface area contributed by atoms with E-state index in [1.54, 1.807) is 6.07 Å². The van der Waals surface area contributed by atoms with Crippen LogP contribution in [0, 0.1) is 17.7 Å². The van der Waals surface area contributed by atoms with Gasteiger partial charge in [-0.15, -0.1) is 0 Å². The van der Waals surface area contributed by atoms with Gasteiger partial charge in [0.15, 0.2) is 0 Å². The molecular formula is C38H47F. The largest absolute Gasteiger partial charge is 0.206 e. The number of halogens is 1. The molecule has 0 aliphatic heterocycles. The van der Waals surface area contributed by atoms with Gasteiger partial charge in [-0.1, -0.05) is 106 Å². The van der Waals surface area contributed by atoms with Crippen molar-refractivity contribution >= 4 is 12.2 Å². The number of hydrogen-bond donors (Lipinski definition) is 0. The topological polar surface area (TPSA) is 0 Å². The molecule has 3 aromatic rings. The van der Waals surface area contributed by atoms with Gasteiger partial charge in [-0.25, -0.2) is 4.39 Å². The molecule has 2 saturated carbocycles. The Kier molecular flexibility index (Phi) is 9.72. The van der Waals surface area contributed by atoms with Crippen molar-refractivity contribution in [3.8, 4) is 0 Å². The molecule has 2 aliphatic carbocycles. The van der Waals surface area contributed by atoms with Gasteiger partial charge in [0.25, 0.3) is 0 Å². The molecule has 0 saturated heterocycles. The van der Waals surface area contributed by atoms with Crippen LogP contribution in [-0.4, -0.2) is 0 Å². The molecule has 5 rings (SSSR count). The highest BCUT2D eigenvalue weighted by atomic mass is 19.1. The molecular weight excluding hydrogens is 475 g/mol. The highest BCUT2D eigenvalue weighted by Gasteiger charge is 2.24. The summed E-state index contributed by atoms with van der Waals surface area (Å²) in [6.45, 7) is 4.66. The first-order valence-electron chi connectivity index (χ1n) is 15.7. The minimum absolute atomic E-state index is 0.0885. The summed E-state index contributed by atoms with van der Waals surface area (Å²) < 4.78 is 15.0. The van der Waals surface area contributed by atoms with E-state index < -0.39 is 0 Å². The zero-order valence-corrected chi connectivity index (χ0v) is 24.1. The molecule has 0 heterocycles. The standard InChI is InChI=1S/C38H47F/c1-3-7-29-10-19-35(20-11-29)37-25-24-36(38(39)27-37)23-14-30-12-17-33(18-13-30)34-21-15-31(16-22-34)26-28(2)32-8-5-4-6-9-32/h4-6,8-9,12-14,17-18,23-25,27-29,31,34-35H,3,7,10-11,15-16,19-22,26H2,1-2H3/b23-14+. The van der Waals surface area contributed by atoms with E-state index in [0.29, 0.717) is 23.3 Å². The lowest BCUT2D eigenvalue weighted by Gasteiger charge is -2.30. The van der Waals surface area contributed by atoms with E-state index in [1.165, 1.54) is 87.3 Å². The van der Waals surface area contributed by atoms with Crippen LogP contribution in [0.25, 0.3) is 12.2 Å². The fourth-order valence-electron chi connectivity index (χ4n) is 7.34. The second kappa shape index (κ2) is 13.6. The van der Waals surface area contributed by atoms with E-state index in [0.717, 1.165) is 17.4 Å². The third-order valence-electron chi connectivity index (χ3n) is 9.81. The Morgan fingerprint density at radius 2 is 1.33 bits per heavy atom. The van der Waals surface area contributed by atoms with Gasteiger partial charge in [0.1, 0.15) is 5.82 Å². The van der Waals surface area contributed by atoms with Crippen LogP contribution in [0.2, 0.25) is 0 Å². The second-order valence-corrected chi connectivity index (χ2v) is 12.6. The summed E-state index contributed by atoms with van der Waals surface area (Å²) in [5.74, 6) is 3.48. The highest BCUT2D eigenvalue weighted by molar-refractivity contribution is 5.70. The van der Waals surface area contributed by atoms with Crippen LogP contribution >= 0.6 is 0 Å². The Morgan fingerprint density at radius 1 is 0.718 bits per heavy atom. The van der Waals surface area contributed by atoms with E-state index in [4.69, 9.17) is 0 Å². The molecule has 2 aliphatic rings. The first-order valence-corrected chi connectivity index (χ1v) is 15.7. The van der Waals surface area contributed by atoms with Gasteiger partial charge in [0, 0.05) is 5.56 Å². The van der Waals surface area contributed by atoms with E-state index >= 15 is 0 Å². The van der Waals surface area contributed by atoms with Crippen molar-refractivity contribution in [1.29, 1.82) is 0 Å². The van der Waals surface area contributed by atoms with E-state index in [9.17, 15) is 4.39 Å². The summed E-state index contributed by atoms with van der Waals surface area (Å²) in [6, 6.07) is 25.9. The van der Waals surface area contributed by atoms with E-state index in [1.807, 2.05) is 12.1 Å². The fourth-order valence-corrected chi connectivity index (χ4v) is 7.34. The average Bonchev–Trinajstić information content (AvgIpc) is 2.98. The highest BCUT2D eigenvalue weighted by Crippen LogP contribution is 2.40. The Bertz CT molecular complexity index is 1180. The van der Waals surface area contributed by atoms with Crippen LogP contribution < -0.4 is 0 Å². The normalized spacial score (nSPS) is 24.6. The molecule has 3 aromatic carbocycles. The number of hydrogen-bond acceptors (Lipinski definition) is 0. The molecule has 0 nitrogen and oxygen atoms in total. The van der Waals surface area contributed by atoms with Gasteiger partial charge in [-0.3, -0.25) is 0 Å². The van der Waals surface area contributed by atoms with Crippen molar-refractivity contribution < 1.29 is 4.39 Å². The minimum Gasteiger partial charge on any atom is -0.206 e. The van der Waals surface area contributed by atoms with Crippen molar-refractivity contribution in [1.82, 2.24) is 0 Å². The lowest BCUT2D eigenvalue weighted by Crippen LogP contribution is -2.15. The van der Waals surface area contributed by atoms with Crippen LogP contribution in [-0.2, 0) is 0 Å². The van der Waals surface area contributed by atoms with Gasteiger partial charge in [-0.05, 0) is 116 Å². The monoisotopic (exact) mass is 522 g/mol. The number of rotatable bonds is 9. The van der Waals surface area contributed by atoms with Gasteiger partial charge >= 0.3 is 0 Å². The second-order valence-electron chi connectivity index (χ2n) is 12.6. The van der Waals surface area contributed by atoms with Crippen LogP contribution in [0.5, 0.6) is 0 Å². The third-order valence-corrected chi connectivity index (χ3v) is 9.81. The van der Waals surface area contributed by atoms with Crippen LogP contribution in [0.1, 0.15) is 130 Å². The predicted octanol–water partition coefficient (Wildman–Crippen LogP) is 11.5. The molecule has 0 amide bonds. The SMILES string of the molecule is CCCC1CCC(c2ccc(/C=C/c3ccc(C4CCC(CC(C)c5ccccc5)CC4)cc3)c(F)c2)CC1. The van der Waals surface area contributed by atoms with E-state index in [2.05, 4.69) is 80.6 Å². The molecule has 0 bridgehead atoms. The molecule has 0 radical (unpaired) electrons. The van der Waals surface area contributed by atoms with Crippen molar-refractivity contribution in [3.05, 3.63) is 106 Å². The first-order chi connectivity index (χ1) is 19.1. The Balaban J connectivity index is 1.11. The van der Waals surface area contributed by atoms with Gasteiger partial charge in [-0.2, -0.15) is 0 Å². The van der Waals surface area contributed by atoms with Gasteiger partial charge in [0.2, 0.25) is 0 Å². The van der Waals surface area contributed by atoms with Crippen molar-refractivity contribution in [2.45, 2.75) is 102 Å². The summed E-state index contributed by atoms with van der Waals surface area (Å²) >= 11 is 0. The van der Waals surface area contributed by atoms with Crippen LogP contribution in [0.15, 0.2) is 72.8 Å². The van der Waals surface area contributed by atoms with Gasteiger partial charge < -0.3 is 0 Å². The summed E-state index contributed by atoms with van der Waals surface area (Å²) in [7, 11) is 0. The van der Waals surface area contributed by atoms with Crippen LogP contribution in [0.3, 0.4) is 0 Å². The van der Waals surface area contributed by atoms with Gasteiger partial charge in [0.05, 0.1) is 0 Å². The molecule has 39 heavy (non-hydrogen) atoms. The molecule has 0 spiro atoms. The molecule has 0 N–H and O–H groups in total. The van der Waals surface area contributed by atoms with Crippen molar-refractivity contribution in [3.63, 3.8) is 0 Å². The summed E-state index contributed by atoms with van der Waals surface area (Å²) in [5, 5.41) is 0. The minimum atomic E-state index is -0.0885. The predicted molar refractivity (Wildman–Crippen MR) is 166 cm³/mol. The zero-order chi connectivity index (χ0) is 27.0. The Hall–Kier alpha value is -2.67. The average molecular weight is 523 g/mol. The third kappa shape index (κ3) is 7.50. The lowest BCUT2D eigenvalue weighted by atomic mass is 9.75. The maximum Gasteiger partial charge on any atom is 0.130 e. The summed E-state index contributed by atoms with van der Waals surface area (Å²) in [4.78, 5) is 0. The fraction of sp³-hybridized carbons (Fsp3) is 0.474. The Labute approximate surface area is 236 Å². The zero-order valence-electron chi connectivity index (χ0n) is 24.1. The molecule has 1 atom stereocenters. The quantitative estimate of drug-likeness (QED) is 0.245. The smallest absolute Gasteiger partial charge is 0.130 e. The van der Waals surface area contributed by atoms with E-state index in [-0.39, 0.29) is 5.82 Å². The van der Waals surface area contributed by atoms with Crippen LogP contribution in [0.4, 0.5) is 4.39 Å². The molecule has 1 unspecified atom stereocenters. The van der Waals surface area contributed by atoms with Crippen molar-refractivity contribution in [2.75, 3.05) is 0 Å². The summed E-state index contributed by atoms with van der Waals surface area (Å²) in [6.07, 6.45) is 18.2.